The van der Waals surface area contributed by atoms with Crippen LogP contribution in [0.1, 0.15) is 19.5 Å². The van der Waals surface area contributed by atoms with Crippen molar-refractivity contribution in [3.8, 4) is 5.69 Å². The monoisotopic (exact) mass is 496 g/mol. The van der Waals surface area contributed by atoms with Crippen LogP contribution in [0.3, 0.4) is 0 Å². The van der Waals surface area contributed by atoms with E-state index in [0.717, 1.165) is 31.6 Å². The molecule has 1 aliphatic heterocycles. The minimum Gasteiger partial charge on any atom is -0.464 e. The van der Waals surface area contributed by atoms with Gasteiger partial charge in [0, 0.05) is 21.1 Å². The van der Waals surface area contributed by atoms with Crippen molar-refractivity contribution < 1.29 is 19.1 Å². The van der Waals surface area contributed by atoms with Gasteiger partial charge in [-0.1, -0.05) is 0 Å². The molecular weight excluding hydrogens is 479 g/mol. The number of rotatable bonds is 5. The Hall–Kier alpha value is -2.07. The molecule has 0 saturated carbocycles. The van der Waals surface area contributed by atoms with Gasteiger partial charge in [-0.3, -0.25) is 14.5 Å². The van der Waals surface area contributed by atoms with Gasteiger partial charge in [-0.15, -0.1) is 0 Å². The topological polar surface area (TPSA) is 68.6 Å². The van der Waals surface area contributed by atoms with Crippen molar-refractivity contribution in [3.63, 3.8) is 0 Å². The Morgan fingerprint density at radius 3 is 2.63 bits per heavy atom. The van der Waals surface area contributed by atoms with Gasteiger partial charge in [0.15, 0.2) is 0 Å². The molecule has 1 atom stereocenters. The van der Waals surface area contributed by atoms with Gasteiger partial charge in [-0.05, 0) is 90.7 Å². The SMILES string of the molecule is CCOC(=O)C(C)N1C(=O)S/C(=C/c2cccn2-c2ccc(I)cc2)C1=O. The molecule has 1 aromatic heterocycles. The molecule has 0 spiro atoms. The quantitative estimate of drug-likeness (QED) is 0.355. The van der Waals surface area contributed by atoms with Gasteiger partial charge in [0.05, 0.1) is 11.5 Å². The average Bonchev–Trinajstić information content (AvgIpc) is 3.20. The molecule has 1 saturated heterocycles. The molecule has 0 bridgehead atoms. The Morgan fingerprint density at radius 1 is 1.26 bits per heavy atom. The van der Waals surface area contributed by atoms with Crippen molar-refractivity contribution >= 4 is 57.5 Å². The number of thioether (sulfide) groups is 1. The molecular formula is C19H17IN2O4S. The lowest BCUT2D eigenvalue weighted by Crippen LogP contribution is -2.42. The molecule has 6 nitrogen and oxygen atoms in total. The van der Waals surface area contributed by atoms with E-state index in [4.69, 9.17) is 4.74 Å². The number of nitrogens with zero attached hydrogens (tertiary/aromatic N) is 2. The van der Waals surface area contributed by atoms with Gasteiger partial charge < -0.3 is 9.30 Å². The van der Waals surface area contributed by atoms with E-state index in [9.17, 15) is 14.4 Å². The van der Waals surface area contributed by atoms with E-state index in [0.29, 0.717) is 0 Å². The molecule has 2 aromatic rings. The van der Waals surface area contributed by atoms with E-state index < -0.39 is 23.2 Å². The van der Waals surface area contributed by atoms with E-state index >= 15 is 0 Å². The Kier molecular flexibility index (Phi) is 6.05. The minimum atomic E-state index is -0.952. The third kappa shape index (κ3) is 4.11. The van der Waals surface area contributed by atoms with Crippen LogP contribution in [0.15, 0.2) is 47.5 Å². The first-order valence-electron chi connectivity index (χ1n) is 8.29. The van der Waals surface area contributed by atoms with Crippen molar-refractivity contribution in [2.24, 2.45) is 0 Å². The average molecular weight is 496 g/mol. The van der Waals surface area contributed by atoms with Crippen molar-refractivity contribution in [2.45, 2.75) is 19.9 Å². The van der Waals surface area contributed by atoms with Crippen LogP contribution in [0, 0.1) is 3.57 Å². The number of hydrogen-bond acceptors (Lipinski definition) is 5. The lowest BCUT2D eigenvalue weighted by molar-refractivity contribution is -0.150. The highest BCUT2D eigenvalue weighted by Crippen LogP contribution is 2.34. The Bertz CT molecular complexity index is 920. The normalized spacial score (nSPS) is 16.9. The number of hydrogen-bond donors (Lipinski definition) is 0. The Morgan fingerprint density at radius 2 is 1.96 bits per heavy atom. The number of halogens is 1. The molecule has 27 heavy (non-hydrogen) atoms. The second kappa shape index (κ2) is 8.30. The van der Waals surface area contributed by atoms with E-state index in [1.54, 1.807) is 13.0 Å². The Labute approximate surface area is 174 Å². The maximum Gasteiger partial charge on any atom is 0.329 e. The molecule has 2 heterocycles. The second-order valence-corrected chi connectivity index (χ2v) is 8.00. The molecule has 140 valence electrons. The van der Waals surface area contributed by atoms with Gasteiger partial charge in [-0.25, -0.2) is 4.79 Å². The fraction of sp³-hybridized carbons (Fsp3) is 0.211. The number of esters is 1. The molecule has 0 aliphatic carbocycles. The zero-order chi connectivity index (χ0) is 19.6. The molecule has 1 aliphatic rings. The number of carbonyl (C=O) groups excluding carboxylic acids is 3. The first kappa shape index (κ1) is 19.7. The number of ether oxygens (including phenoxy) is 1. The highest BCUT2D eigenvalue weighted by atomic mass is 127. The molecule has 2 amide bonds. The minimum absolute atomic E-state index is 0.193. The third-order valence-electron chi connectivity index (χ3n) is 4.00. The zero-order valence-electron chi connectivity index (χ0n) is 14.7. The van der Waals surface area contributed by atoms with Crippen LogP contribution >= 0.6 is 34.4 Å². The summed E-state index contributed by atoms with van der Waals surface area (Å²) in [5.74, 6) is -1.08. The number of benzene rings is 1. The van der Waals surface area contributed by atoms with Crippen LogP contribution in [0.25, 0.3) is 11.8 Å². The summed E-state index contributed by atoms with van der Waals surface area (Å²) in [6, 6.07) is 10.7. The Balaban J connectivity index is 1.88. The maximum absolute atomic E-state index is 12.7. The van der Waals surface area contributed by atoms with Crippen LogP contribution in [0.5, 0.6) is 0 Å². The van der Waals surface area contributed by atoms with Gasteiger partial charge in [0.2, 0.25) is 0 Å². The largest absolute Gasteiger partial charge is 0.464 e. The van der Waals surface area contributed by atoms with Crippen LogP contribution in [0.4, 0.5) is 4.79 Å². The standard InChI is InChI=1S/C19H17IN2O4S/c1-3-26-18(24)12(2)22-17(23)16(27-19(22)25)11-15-5-4-10-21(15)14-8-6-13(20)7-9-14/h4-12H,3H2,1-2H3/b16-11+. The van der Waals surface area contributed by atoms with Gasteiger partial charge in [0.25, 0.3) is 11.1 Å². The molecule has 3 rings (SSSR count). The van der Waals surface area contributed by atoms with Crippen LogP contribution in [-0.2, 0) is 14.3 Å². The van der Waals surface area contributed by atoms with E-state index in [1.807, 2.05) is 47.2 Å². The molecule has 1 unspecified atom stereocenters. The summed E-state index contributed by atoms with van der Waals surface area (Å²) in [5.41, 5.74) is 1.72. The van der Waals surface area contributed by atoms with Gasteiger partial charge in [0.1, 0.15) is 6.04 Å². The smallest absolute Gasteiger partial charge is 0.329 e. The highest BCUT2D eigenvalue weighted by molar-refractivity contribution is 14.1. The van der Waals surface area contributed by atoms with E-state index in [2.05, 4.69) is 22.6 Å². The number of imide groups is 1. The van der Waals surface area contributed by atoms with E-state index in [-0.39, 0.29) is 11.5 Å². The first-order chi connectivity index (χ1) is 12.9. The van der Waals surface area contributed by atoms with Crippen molar-refractivity contribution in [1.82, 2.24) is 9.47 Å². The zero-order valence-corrected chi connectivity index (χ0v) is 17.7. The molecule has 0 radical (unpaired) electrons. The predicted molar refractivity (Wildman–Crippen MR) is 112 cm³/mol. The molecule has 1 fully saturated rings. The molecule has 0 N–H and O–H groups in total. The van der Waals surface area contributed by atoms with Crippen molar-refractivity contribution in [1.29, 1.82) is 0 Å². The number of carbonyl (C=O) groups is 3. The summed E-state index contributed by atoms with van der Waals surface area (Å²) in [7, 11) is 0. The summed E-state index contributed by atoms with van der Waals surface area (Å²) in [6.45, 7) is 3.36. The van der Waals surface area contributed by atoms with Gasteiger partial charge >= 0.3 is 5.97 Å². The van der Waals surface area contributed by atoms with Crippen molar-refractivity contribution in [3.05, 3.63) is 56.8 Å². The molecule has 1 aromatic carbocycles. The van der Waals surface area contributed by atoms with E-state index in [1.165, 1.54) is 6.92 Å². The molecule has 8 heteroatoms. The third-order valence-corrected chi connectivity index (χ3v) is 5.61. The summed E-state index contributed by atoms with van der Waals surface area (Å²) in [6.07, 6.45) is 3.56. The second-order valence-electron chi connectivity index (χ2n) is 5.76. The lowest BCUT2D eigenvalue weighted by atomic mass is 10.2. The van der Waals surface area contributed by atoms with Gasteiger partial charge in [-0.2, -0.15) is 0 Å². The summed E-state index contributed by atoms with van der Waals surface area (Å²) < 4.78 is 7.98. The number of aromatic nitrogens is 1. The summed E-state index contributed by atoms with van der Waals surface area (Å²) in [4.78, 5) is 38.1. The van der Waals surface area contributed by atoms with Crippen LogP contribution in [-0.4, -0.2) is 39.2 Å². The van der Waals surface area contributed by atoms with Crippen LogP contribution < -0.4 is 0 Å². The van der Waals surface area contributed by atoms with Crippen LogP contribution in [0.2, 0.25) is 0 Å². The highest BCUT2D eigenvalue weighted by Gasteiger charge is 2.41. The van der Waals surface area contributed by atoms with Crippen molar-refractivity contribution in [2.75, 3.05) is 6.61 Å². The maximum atomic E-state index is 12.7. The fourth-order valence-electron chi connectivity index (χ4n) is 2.66. The predicted octanol–water partition coefficient (Wildman–Crippen LogP) is 4.07. The first-order valence-corrected chi connectivity index (χ1v) is 10.2. The summed E-state index contributed by atoms with van der Waals surface area (Å²) in [5, 5.41) is -0.473. The summed E-state index contributed by atoms with van der Waals surface area (Å²) >= 11 is 3.06. The lowest BCUT2D eigenvalue weighted by Gasteiger charge is -2.19. The number of amides is 2. The fourth-order valence-corrected chi connectivity index (χ4v) is 3.92.